The van der Waals surface area contributed by atoms with Gasteiger partial charge in [0.15, 0.2) is 0 Å². The number of ether oxygens (including phenoxy) is 1. The first-order valence-corrected chi connectivity index (χ1v) is 7.65. The summed E-state index contributed by atoms with van der Waals surface area (Å²) >= 11 is 3.30. The van der Waals surface area contributed by atoms with Gasteiger partial charge in [-0.2, -0.15) is 0 Å². The summed E-state index contributed by atoms with van der Waals surface area (Å²) < 4.78 is 12.7. The predicted octanol–water partition coefficient (Wildman–Crippen LogP) is 3.02. The van der Waals surface area contributed by atoms with E-state index in [-0.39, 0.29) is 12.2 Å². The molecule has 3 aromatic rings. The number of rotatable bonds is 3. The van der Waals surface area contributed by atoms with Gasteiger partial charge in [0.25, 0.3) is 5.56 Å². The number of hydrogen-bond donors (Lipinski definition) is 0. The molecule has 0 unspecified atom stereocenters. The molecule has 0 saturated carbocycles. The Bertz CT molecular complexity index is 958. The maximum Gasteiger partial charge on any atom is 0.342 e. The van der Waals surface area contributed by atoms with E-state index in [1.807, 2.05) is 0 Å². The van der Waals surface area contributed by atoms with Crippen LogP contribution in [0.1, 0.15) is 27.6 Å². The third-order valence-electron chi connectivity index (χ3n) is 3.29. The maximum absolute atomic E-state index is 12.1. The fourth-order valence-electron chi connectivity index (χ4n) is 2.25. The molecule has 0 aliphatic rings. The molecule has 7 heteroatoms. The highest BCUT2D eigenvalue weighted by atomic mass is 79.9. The van der Waals surface area contributed by atoms with E-state index in [0.29, 0.717) is 28.4 Å². The SMILES string of the molecule is Cc1cc(C(=O)OCc2cc(=O)n3cc(Br)ccc3n2)c(C)o1. The topological polar surface area (TPSA) is 73.8 Å². The minimum atomic E-state index is -0.503. The van der Waals surface area contributed by atoms with Crippen LogP contribution in [0.15, 0.2) is 44.1 Å². The van der Waals surface area contributed by atoms with E-state index in [1.165, 1.54) is 10.5 Å². The smallest absolute Gasteiger partial charge is 0.342 e. The number of halogens is 1. The second-order valence-corrected chi connectivity index (χ2v) is 5.98. The number of carbonyl (C=O) groups is 1. The zero-order valence-electron chi connectivity index (χ0n) is 12.5. The van der Waals surface area contributed by atoms with Crippen molar-refractivity contribution < 1.29 is 13.9 Å². The molecule has 0 bridgehead atoms. The van der Waals surface area contributed by atoms with Crippen molar-refractivity contribution in [2.75, 3.05) is 0 Å². The number of aromatic nitrogens is 2. The molecule has 118 valence electrons. The molecule has 3 aromatic heterocycles. The zero-order valence-corrected chi connectivity index (χ0v) is 14.1. The Balaban J connectivity index is 1.82. The normalized spacial score (nSPS) is 10.9. The van der Waals surface area contributed by atoms with Gasteiger partial charge in [-0.25, -0.2) is 9.78 Å². The standard InChI is InChI=1S/C16H13BrN2O4/c1-9-5-13(10(2)23-9)16(21)22-8-12-6-15(20)19-7-11(17)3-4-14(19)18-12/h3-7H,8H2,1-2H3. The monoisotopic (exact) mass is 376 g/mol. The number of aryl methyl sites for hydroxylation is 2. The van der Waals surface area contributed by atoms with Crippen molar-refractivity contribution in [2.45, 2.75) is 20.5 Å². The van der Waals surface area contributed by atoms with Crippen molar-refractivity contribution in [3.63, 3.8) is 0 Å². The summed E-state index contributed by atoms with van der Waals surface area (Å²) in [5.41, 5.74) is 1.02. The third kappa shape index (κ3) is 3.19. The van der Waals surface area contributed by atoms with Crippen LogP contribution in [0.25, 0.3) is 5.65 Å². The van der Waals surface area contributed by atoms with Crippen molar-refractivity contribution in [3.05, 3.63) is 68.1 Å². The molecule has 0 atom stereocenters. The van der Waals surface area contributed by atoms with Crippen LogP contribution in [0.5, 0.6) is 0 Å². The Morgan fingerprint density at radius 3 is 2.83 bits per heavy atom. The van der Waals surface area contributed by atoms with E-state index >= 15 is 0 Å². The lowest BCUT2D eigenvalue weighted by Gasteiger charge is -2.06. The van der Waals surface area contributed by atoms with Gasteiger partial charge in [0.2, 0.25) is 0 Å². The van der Waals surface area contributed by atoms with E-state index in [9.17, 15) is 9.59 Å². The minimum Gasteiger partial charge on any atom is -0.466 e. The van der Waals surface area contributed by atoms with E-state index in [4.69, 9.17) is 9.15 Å². The third-order valence-corrected chi connectivity index (χ3v) is 3.76. The Labute approximate surface area is 139 Å². The lowest BCUT2D eigenvalue weighted by molar-refractivity contribution is 0.0465. The number of furan rings is 1. The minimum absolute atomic E-state index is 0.0791. The van der Waals surface area contributed by atoms with Gasteiger partial charge in [0.05, 0.1) is 5.69 Å². The molecule has 0 spiro atoms. The average Bonchev–Trinajstić information content (AvgIpc) is 2.84. The zero-order chi connectivity index (χ0) is 16.6. The molecule has 3 heterocycles. The number of fused-ring (bicyclic) bond motifs is 1. The number of carbonyl (C=O) groups excluding carboxylic acids is 1. The van der Waals surface area contributed by atoms with Gasteiger partial charge in [-0.05, 0) is 48.0 Å². The van der Waals surface area contributed by atoms with Gasteiger partial charge in [-0.1, -0.05) is 0 Å². The molecule has 0 aliphatic carbocycles. The lowest BCUT2D eigenvalue weighted by Crippen LogP contribution is -2.16. The number of pyridine rings is 1. The van der Waals surface area contributed by atoms with Crippen LogP contribution in [0.3, 0.4) is 0 Å². The first-order chi connectivity index (χ1) is 10.9. The molecular weight excluding hydrogens is 364 g/mol. The maximum atomic E-state index is 12.1. The first kappa shape index (κ1) is 15.5. The molecule has 0 N–H and O–H groups in total. The Morgan fingerprint density at radius 2 is 2.13 bits per heavy atom. The molecule has 0 aliphatic heterocycles. The van der Waals surface area contributed by atoms with Crippen molar-refractivity contribution in [1.29, 1.82) is 0 Å². The second kappa shape index (κ2) is 6.00. The molecule has 0 saturated heterocycles. The molecule has 6 nitrogen and oxygen atoms in total. The molecule has 3 rings (SSSR count). The predicted molar refractivity (Wildman–Crippen MR) is 86.5 cm³/mol. The van der Waals surface area contributed by atoms with Gasteiger partial charge in [0, 0.05) is 16.7 Å². The quantitative estimate of drug-likeness (QED) is 0.656. The van der Waals surface area contributed by atoms with Crippen LogP contribution in [-0.4, -0.2) is 15.4 Å². The highest BCUT2D eigenvalue weighted by Gasteiger charge is 2.15. The first-order valence-electron chi connectivity index (χ1n) is 6.86. The largest absolute Gasteiger partial charge is 0.466 e. The van der Waals surface area contributed by atoms with E-state index in [0.717, 1.165) is 4.47 Å². The number of hydrogen-bond acceptors (Lipinski definition) is 5. The fourth-order valence-corrected chi connectivity index (χ4v) is 2.59. The van der Waals surface area contributed by atoms with E-state index < -0.39 is 5.97 Å². The van der Waals surface area contributed by atoms with Crippen LogP contribution in [0, 0.1) is 13.8 Å². The summed E-state index contributed by atoms with van der Waals surface area (Å²) in [4.78, 5) is 28.4. The molecular formula is C16H13BrN2O4. The number of nitrogens with zero attached hydrogens (tertiary/aromatic N) is 2. The van der Waals surface area contributed by atoms with Gasteiger partial charge >= 0.3 is 5.97 Å². The van der Waals surface area contributed by atoms with Gasteiger partial charge in [-0.15, -0.1) is 0 Å². The summed E-state index contributed by atoms with van der Waals surface area (Å²) in [5.74, 6) is 0.642. The van der Waals surface area contributed by atoms with Gasteiger partial charge in [0.1, 0.15) is 29.3 Å². The van der Waals surface area contributed by atoms with Crippen LogP contribution in [-0.2, 0) is 11.3 Å². The molecule has 0 radical (unpaired) electrons. The number of esters is 1. The summed E-state index contributed by atoms with van der Waals surface area (Å²) in [6.45, 7) is 3.38. The second-order valence-electron chi connectivity index (χ2n) is 5.06. The van der Waals surface area contributed by atoms with Crippen molar-refractivity contribution in [2.24, 2.45) is 0 Å². The van der Waals surface area contributed by atoms with E-state index in [1.54, 1.807) is 38.2 Å². The van der Waals surface area contributed by atoms with Crippen LogP contribution >= 0.6 is 15.9 Å². The lowest BCUT2D eigenvalue weighted by atomic mass is 10.2. The van der Waals surface area contributed by atoms with Crippen LogP contribution < -0.4 is 5.56 Å². The highest BCUT2D eigenvalue weighted by molar-refractivity contribution is 9.10. The summed E-state index contributed by atoms with van der Waals surface area (Å²) in [7, 11) is 0. The van der Waals surface area contributed by atoms with Crippen LogP contribution in [0.4, 0.5) is 0 Å². The fraction of sp³-hybridized carbons (Fsp3) is 0.188. The van der Waals surface area contributed by atoms with E-state index in [2.05, 4.69) is 20.9 Å². The van der Waals surface area contributed by atoms with Crippen molar-refractivity contribution >= 4 is 27.5 Å². The average molecular weight is 377 g/mol. The van der Waals surface area contributed by atoms with Crippen molar-refractivity contribution in [3.8, 4) is 0 Å². The Hall–Kier alpha value is -2.41. The summed E-state index contributed by atoms with van der Waals surface area (Å²) in [6, 6.07) is 6.47. The molecule has 23 heavy (non-hydrogen) atoms. The van der Waals surface area contributed by atoms with Crippen LogP contribution in [0.2, 0.25) is 0 Å². The van der Waals surface area contributed by atoms with Gasteiger partial charge in [-0.3, -0.25) is 9.20 Å². The molecule has 0 amide bonds. The summed E-state index contributed by atoms with van der Waals surface area (Å²) in [6.07, 6.45) is 1.64. The molecule has 0 aromatic carbocycles. The Morgan fingerprint density at radius 1 is 1.35 bits per heavy atom. The molecule has 0 fully saturated rings. The van der Waals surface area contributed by atoms with Gasteiger partial charge < -0.3 is 9.15 Å². The van der Waals surface area contributed by atoms with Crippen molar-refractivity contribution in [1.82, 2.24) is 9.38 Å². The highest BCUT2D eigenvalue weighted by Crippen LogP contribution is 2.15. The summed E-state index contributed by atoms with van der Waals surface area (Å²) in [5, 5.41) is 0. The Kier molecular flexibility index (Phi) is 4.04.